The Morgan fingerprint density at radius 2 is 2.14 bits per heavy atom. The van der Waals surface area contributed by atoms with Gasteiger partial charge in [-0.05, 0) is 19.4 Å². The molecular formula is C11H22N2O. The van der Waals surface area contributed by atoms with Crippen LogP contribution in [0.3, 0.4) is 0 Å². The van der Waals surface area contributed by atoms with E-state index in [2.05, 4.69) is 12.2 Å². The lowest BCUT2D eigenvalue weighted by molar-refractivity contribution is -0.136. The van der Waals surface area contributed by atoms with Crippen LogP contribution in [-0.4, -0.2) is 37.0 Å². The van der Waals surface area contributed by atoms with Crippen LogP contribution in [0.2, 0.25) is 0 Å². The predicted octanol–water partition coefficient (Wildman–Crippen LogP) is 1.10. The van der Waals surface area contributed by atoms with Crippen molar-refractivity contribution in [2.75, 3.05) is 20.1 Å². The largest absolute Gasteiger partial charge is 0.342 e. The van der Waals surface area contributed by atoms with Crippen LogP contribution in [0.1, 0.15) is 27.2 Å². The quantitative estimate of drug-likeness (QED) is 0.720. The molecule has 2 atom stereocenters. The Morgan fingerprint density at radius 3 is 2.57 bits per heavy atom. The molecule has 14 heavy (non-hydrogen) atoms. The summed E-state index contributed by atoms with van der Waals surface area (Å²) in [5.41, 5.74) is 0. The molecule has 82 valence electrons. The Balaban J connectivity index is 2.50. The molecular weight excluding hydrogens is 176 g/mol. The van der Waals surface area contributed by atoms with Crippen molar-refractivity contribution in [2.45, 2.75) is 33.2 Å². The lowest BCUT2D eigenvalue weighted by atomic mass is 9.93. The van der Waals surface area contributed by atoms with Crippen LogP contribution in [0.15, 0.2) is 0 Å². The van der Waals surface area contributed by atoms with Crippen molar-refractivity contribution < 1.29 is 4.79 Å². The minimum atomic E-state index is 0.133. The molecule has 0 aromatic heterocycles. The van der Waals surface area contributed by atoms with E-state index in [1.54, 1.807) is 0 Å². The second kappa shape index (κ2) is 4.78. The SMILES string of the molecule is CNC1CCN(C(=O)C(C)C)CC1C. The van der Waals surface area contributed by atoms with E-state index in [0.717, 1.165) is 19.5 Å². The van der Waals surface area contributed by atoms with Gasteiger partial charge in [-0.25, -0.2) is 0 Å². The van der Waals surface area contributed by atoms with Crippen LogP contribution in [0.5, 0.6) is 0 Å². The minimum absolute atomic E-state index is 0.133. The van der Waals surface area contributed by atoms with Crippen LogP contribution in [-0.2, 0) is 4.79 Å². The van der Waals surface area contributed by atoms with Gasteiger partial charge in [0.25, 0.3) is 0 Å². The summed E-state index contributed by atoms with van der Waals surface area (Å²) in [5, 5.41) is 3.30. The highest BCUT2D eigenvalue weighted by Gasteiger charge is 2.28. The molecule has 0 aliphatic carbocycles. The lowest BCUT2D eigenvalue weighted by Gasteiger charge is -2.37. The van der Waals surface area contributed by atoms with Crippen molar-refractivity contribution in [3.05, 3.63) is 0 Å². The number of hydrogen-bond donors (Lipinski definition) is 1. The topological polar surface area (TPSA) is 32.3 Å². The zero-order valence-electron chi connectivity index (χ0n) is 9.71. The van der Waals surface area contributed by atoms with Crippen LogP contribution in [0, 0.1) is 11.8 Å². The molecule has 0 aromatic carbocycles. The molecule has 2 unspecified atom stereocenters. The third-order valence-electron chi connectivity index (χ3n) is 3.08. The fourth-order valence-corrected chi connectivity index (χ4v) is 2.14. The third kappa shape index (κ3) is 2.47. The number of hydrogen-bond acceptors (Lipinski definition) is 2. The summed E-state index contributed by atoms with van der Waals surface area (Å²) in [6.45, 7) is 7.96. The van der Waals surface area contributed by atoms with Crippen LogP contribution >= 0.6 is 0 Å². The molecule has 0 saturated carbocycles. The van der Waals surface area contributed by atoms with Crippen molar-refractivity contribution in [2.24, 2.45) is 11.8 Å². The second-order valence-electron chi connectivity index (χ2n) is 4.60. The predicted molar refractivity (Wildman–Crippen MR) is 58.0 cm³/mol. The number of nitrogens with one attached hydrogen (secondary N) is 1. The number of carbonyl (C=O) groups is 1. The average molecular weight is 198 g/mol. The van der Waals surface area contributed by atoms with Crippen LogP contribution in [0.25, 0.3) is 0 Å². The molecule has 1 rings (SSSR count). The monoisotopic (exact) mass is 198 g/mol. The molecule has 3 nitrogen and oxygen atoms in total. The molecule has 1 aliphatic heterocycles. The van der Waals surface area contributed by atoms with Crippen molar-refractivity contribution in [3.63, 3.8) is 0 Å². The maximum atomic E-state index is 11.7. The zero-order valence-corrected chi connectivity index (χ0v) is 9.71. The maximum Gasteiger partial charge on any atom is 0.225 e. The summed E-state index contributed by atoms with van der Waals surface area (Å²) in [6.07, 6.45) is 1.08. The van der Waals surface area contributed by atoms with Crippen LogP contribution < -0.4 is 5.32 Å². The third-order valence-corrected chi connectivity index (χ3v) is 3.08. The van der Waals surface area contributed by atoms with Gasteiger partial charge >= 0.3 is 0 Å². The standard InChI is InChI=1S/C11H22N2O/c1-8(2)11(14)13-6-5-10(12-4)9(3)7-13/h8-10,12H,5-7H2,1-4H3. The molecule has 0 aromatic rings. The summed E-state index contributed by atoms with van der Waals surface area (Å²) >= 11 is 0. The maximum absolute atomic E-state index is 11.7. The van der Waals surface area contributed by atoms with Gasteiger partial charge in [0.2, 0.25) is 5.91 Å². The first-order chi connectivity index (χ1) is 6.56. The Bertz CT molecular complexity index is 203. The number of rotatable bonds is 2. The minimum Gasteiger partial charge on any atom is -0.342 e. The smallest absolute Gasteiger partial charge is 0.225 e. The molecule has 0 bridgehead atoms. The van der Waals surface area contributed by atoms with E-state index in [0.29, 0.717) is 17.9 Å². The fraction of sp³-hybridized carbons (Fsp3) is 0.909. The van der Waals surface area contributed by atoms with E-state index >= 15 is 0 Å². The van der Waals surface area contributed by atoms with E-state index in [-0.39, 0.29) is 5.92 Å². The Labute approximate surface area is 86.9 Å². The summed E-state index contributed by atoms with van der Waals surface area (Å²) in [7, 11) is 2.00. The average Bonchev–Trinajstić information content (AvgIpc) is 2.16. The van der Waals surface area contributed by atoms with Gasteiger partial charge in [0.15, 0.2) is 0 Å². The molecule has 1 N–H and O–H groups in total. The molecule has 0 spiro atoms. The first-order valence-corrected chi connectivity index (χ1v) is 5.52. The van der Waals surface area contributed by atoms with Crippen molar-refractivity contribution in [1.82, 2.24) is 10.2 Å². The molecule has 1 aliphatic rings. The Hall–Kier alpha value is -0.570. The Kier molecular flexibility index (Phi) is 3.93. The van der Waals surface area contributed by atoms with Gasteiger partial charge in [-0.1, -0.05) is 20.8 Å². The van der Waals surface area contributed by atoms with Gasteiger partial charge < -0.3 is 10.2 Å². The number of likely N-dealkylation sites (tertiary alicyclic amines) is 1. The molecule has 0 radical (unpaired) electrons. The van der Waals surface area contributed by atoms with Crippen LogP contribution in [0.4, 0.5) is 0 Å². The Morgan fingerprint density at radius 1 is 1.50 bits per heavy atom. The van der Waals surface area contributed by atoms with Crippen molar-refractivity contribution >= 4 is 5.91 Å². The van der Waals surface area contributed by atoms with E-state index < -0.39 is 0 Å². The normalized spacial score (nSPS) is 28.2. The zero-order chi connectivity index (χ0) is 10.7. The highest BCUT2D eigenvalue weighted by atomic mass is 16.2. The van der Waals surface area contributed by atoms with E-state index in [4.69, 9.17) is 0 Å². The fourth-order valence-electron chi connectivity index (χ4n) is 2.14. The molecule has 3 heteroatoms. The number of piperidine rings is 1. The van der Waals surface area contributed by atoms with Gasteiger partial charge in [-0.15, -0.1) is 0 Å². The number of nitrogens with zero attached hydrogens (tertiary/aromatic N) is 1. The summed E-state index contributed by atoms with van der Waals surface area (Å²) in [5.74, 6) is 0.996. The highest BCUT2D eigenvalue weighted by Crippen LogP contribution is 2.18. The van der Waals surface area contributed by atoms with Gasteiger partial charge in [0, 0.05) is 25.0 Å². The van der Waals surface area contributed by atoms with Gasteiger partial charge in [-0.2, -0.15) is 0 Å². The summed E-state index contributed by atoms with van der Waals surface area (Å²) in [4.78, 5) is 13.7. The van der Waals surface area contributed by atoms with E-state index in [1.807, 2.05) is 25.8 Å². The first kappa shape index (κ1) is 11.5. The molecule has 1 saturated heterocycles. The number of carbonyl (C=O) groups excluding carboxylic acids is 1. The van der Waals surface area contributed by atoms with Gasteiger partial charge in [0.1, 0.15) is 0 Å². The molecule has 1 heterocycles. The van der Waals surface area contributed by atoms with E-state index in [9.17, 15) is 4.79 Å². The first-order valence-electron chi connectivity index (χ1n) is 5.52. The summed E-state index contributed by atoms with van der Waals surface area (Å²) < 4.78 is 0. The molecule has 1 fully saturated rings. The van der Waals surface area contributed by atoms with Gasteiger partial charge in [0.05, 0.1) is 0 Å². The second-order valence-corrected chi connectivity index (χ2v) is 4.60. The number of amides is 1. The van der Waals surface area contributed by atoms with Crippen molar-refractivity contribution in [3.8, 4) is 0 Å². The van der Waals surface area contributed by atoms with E-state index in [1.165, 1.54) is 0 Å². The molecule has 1 amide bonds. The lowest BCUT2D eigenvalue weighted by Crippen LogP contribution is -2.50. The summed E-state index contributed by atoms with van der Waals surface area (Å²) in [6, 6.07) is 0.575. The highest BCUT2D eigenvalue weighted by molar-refractivity contribution is 5.78. The van der Waals surface area contributed by atoms with Gasteiger partial charge in [-0.3, -0.25) is 4.79 Å². The van der Waals surface area contributed by atoms with Crippen molar-refractivity contribution in [1.29, 1.82) is 0 Å².